The summed E-state index contributed by atoms with van der Waals surface area (Å²) in [6.45, 7) is 5.90. The van der Waals surface area contributed by atoms with Gasteiger partial charge in [0.05, 0.1) is 5.75 Å². The average Bonchev–Trinajstić information content (AvgIpc) is 2.47. The molecule has 0 spiro atoms. The van der Waals surface area contributed by atoms with Gasteiger partial charge in [-0.2, -0.15) is 0 Å². The van der Waals surface area contributed by atoms with Crippen LogP contribution in [0, 0.1) is 0 Å². The zero-order valence-corrected chi connectivity index (χ0v) is 14.6. The van der Waals surface area contributed by atoms with Gasteiger partial charge >= 0.3 is 0 Å². The van der Waals surface area contributed by atoms with Crippen LogP contribution in [0.2, 0.25) is 0 Å². The molecule has 0 radical (unpaired) electrons. The van der Waals surface area contributed by atoms with Crippen molar-refractivity contribution >= 4 is 15.7 Å². The highest BCUT2D eigenvalue weighted by Gasteiger charge is 2.13. The first-order valence-electron chi connectivity index (χ1n) is 7.57. The SMILES string of the molecule is CC(C)(C)Oc1ccc(NS(=O)(=O)CCc2ccccc2)cc1. The fourth-order valence-electron chi connectivity index (χ4n) is 2.07. The summed E-state index contributed by atoms with van der Waals surface area (Å²) in [5.74, 6) is 0.766. The second-order valence-electron chi connectivity index (χ2n) is 6.40. The van der Waals surface area contributed by atoms with E-state index in [0.29, 0.717) is 17.9 Å². The highest BCUT2D eigenvalue weighted by molar-refractivity contribution is 7.92. The normalized spacial score (nSPS) is 12.0. The van der Waals surface area contributed by atoms with Crippen LogP contribution in [0.4, 0.5) is 5.69 Å². The summed E-state index contributed by atoms with van der Waals surface area (Å²) < 4.78 is 32.6. The molecule has 0 aromatic heterocycles. The molecule has 4 nitrogen and oxygen atoms in total. The van der Waals surface area contributed by atoms with E-state index in [2.05, 4.69) is 4.72 Å². The number of ether oxygens (including phenoxy) is 1. The minimum atomic E-state index is -3.37. The molecule has 2 aromatic carbocycles. The van der Waals surface area contributed by atoms with Crippen LogP contribution in [0.5, 0.6) is 5.75 Å². The van der Waals surface area contributed by atoms with Gasteiger partial charge in [-0.1, -0.05) is 30.3 Å². The van der Waals surface area contributed by atoms with Crippen molar-refractivity contribution in [3.05, 3.63) is 60.2 Å². The first-order chi connectivity index (χ1) is 10.7. The number of rotatable bonds is 6. The predicted octanol–water partition coefficient (Wildman–Crippen LogP) is 3.85. The molecule has 1 N–H and O–H groups in total. The molecule has 0 saturated carbocycles. The molecule has 0 aliphatic rings. The molecule has 0 aliphatic heterocycles. The molecule has 5 heteroatoms. The summed E-state index contributed by atoms with van der Waals surface area (Å²) in [6.07, 6.45) is 0.487. The van der Waals surface area contributed by atoms with Crippen molar-refractivity contribution in [3.8, 4) is 5.75 Å². The molecule has 0 bridgehead atoms. The van der Waals surface area contributed by atoms with Gasteiger partial charge in [0.15, 0.2) is 0 Å². The third-order valence-electron chi connectivity index (χ3n) is 3.05. The summed E-state index contributed by atoms with van der Waals surface area (Å²) >= 11 is 0. The lowest BCUT2D eigenvalue weighted by Crippen LogP contribution is -2.23. The number of hydrogen-bond acceptors (Lipinski definition) is 3. The van der Waals surface area contributed by atoms with E-state index in [1.54, 1.807) is 24.3 Å². The molecule has 0 amide bonds. The maximum absolute atomic E-state index is 12.1. The Morgan fingerprint density at radius 3 is 2.13 bits per heavy atom. The number of nitrogens with one attached hydrogen (secondary N) is 1. The van der Waals surface area contributed by atoms with Crippen molar-refractivity contribution < 1.29 is 13.2 Å². The van der Waals surface area contributed by atoms with E-state index in [9.17, 15) is 8.42 Å². The summed E-state index contributed by atoms with van der Waals surface area (Å²) in [4.78, 5) is 0. The summed E-state index contributed by atoms with van der Waals surface area (Å²) in [5.41, 5.74) is 1.27. The van der Waals surface area contributed by atoms with Crippen LogP contribution in [0.1, 0.15) is 26.3 Å². The van der Waals surface area contributed by atoms with E-state index in [-0.39, 0.29) is 11.4 Å². The van der Waals surface area contributed by atoms with Crippen LogP contribution < -0.4 is 9.46 Å². The molecule has 0 unspecified atom stereocenters. The van der Waals surface area contributed by atoms with Crippen LogP contribution in [0.25, 0.3) is 0 Å². The lowest BCUT2D eigenvalue weighted by Gasteiger charge is -2.21. The van der Waals surface area contributed by atoms with E-state index in [1.165, 1.54) is 0 Å². The van der Waals surface area contributed by atoms with Crippen molar-refractivity contribution in [1.29, 1.82) is 0 Å². The van der Waals surface area contributed by atoms with Crippen molar-refractivity contribution in [2.24, 2.45) is 0 Å². The lowest BCUT2D eigenvalue weighted by atomic mass is 10.2. The molecule has 23 heavy (non-hydrogen) atoms. The van der Waals surface area contributed by atoms with Gasteiger partial charge in [0.25, 0.3) is 0 Å². The quantitative estimate of drug-likeness (QED) is 0.873. The molecule has 2 aromatic rings. The third kappa shape index (κ3) is 6.32. The average molecular weight is 333 g/mol. The number of benzene rings is 2. The van der Waals surface area contributed by atoms with E-state index in [4.69, 9.17) is 4.74 Å². The predicted molar refractivity (Wildman–Crippen MR) is 94.4 cm³/mol. The monoisotopic (exact) mass is 333 g/mol. The molecule has 0 saturated heterocycles. The smallest absolute Gasteiger partial charge is 0.233 e. The fourth-order valence-corrected chi connectivity index (χ4v) is 3.17. The van der Waals surface area contributed by atoms with Gasteiger partial charge in [-0.15, -0.1) is 0 Å². The van der Waals surface area contributed by atoms with Crippen molar-refractivity contribution in [2.45, 2.75) is 32.8 Å². The van der Waals surface area contributed by atoms with Gasteiger partial charge in [0, 0.05) is 5.69 Å². The van der Waals surface area contributed by atoms with Gasteiger partial charge in [-0.3, -0.25) is 4.72 Å². The van der Waals surface area contributed by atoms with Gasteiger partial charge in [0.1, 0.15) is 11.4 Å². The van der Waals surface area contributed by atoms with E-state index >= 15 is 0 Å². The van der Waals surface area contributed by atoms with Crippen LogP contribution in [0.3, 0.4) is 0 Å². The van der Waals surface area contributed by atoms with E-state index in [1.807, 2.05) is 51.1 Å². The lowest BCUT2D eigenvalue weighted by molar-refractivity contribution is 0.131. The van der Waals surface area contributed by atoms with Gasteiger partial charge in [0.2, 0.25) is 10.0 Å². The Morgan fingerprint density at radius 2 is 1.57 bits per heavy atom. The molecule has 2 rings (SSSR count). The third-order valence-corrected chi connectivity index (χ3v) is 4.34. The van der Waals surface area contributed by atoms with E-state index < -0.39 is 10.0 Å². The standard InChI is InChI=1S/C18H23NO3S/c1-18(2,3)22-17-11-9-16(10-12-17)19-23(20,21)14-13-15-7-5-4-6-8-15/h4-12,19H,13-14H2,1-3H3. The zero-order chi connectivity index (χ0) is 16.9. The number of hydrogen-bond donors (Lipinski definition) is 1. The topological polar surface area (TPSA) is 55.4 Å². The largest absolute Gasteiger partial charge is 0.488 e. The first-order valence-corrected chi connectivity index (χ1v) is 9.22. The highest BCUT2D eigenvalue weighted by Crippen LogP contribution is 2.21. The zero-order valence-electron chi connectivity index (χ0n) is 13.7. The van der Waals surface area contributed by atoms with Crippen molar-refractivity contribution in [2.75, 3.05) is 10.5 Å². The van der Waals surface area contributed by atoms with Gasteiger partial charge in [-0.05, 0) is 57.0 Å². The maximum Gasteiger partial charge on any atom is 0.233 e. The molecular formula is C18H23NO3S. The summed E-state index contributed by atoms with van der Waals surface area (Å²) in [6, 6.07) is 16.5. The number of sulfonamides is 1. The second-order valence-corrected chi connectivity index (χ2v) is 8.24. The van der Waals surface area contributed by atoms with Crippen LogP contribution in [-0.2, 0) is 16.4 Å². The second kappa shape index (κ2) is 7.04. The molecular weight excluding hydrogens is 310 g/mol. The number of anilines is 1. The van der Waals surface area contributed by atoms with Crippen molar-refractivity contribution in [1.82, 2.24) is 0 Å². The first kappa shape index (κ1) is 17.3. The Balaban J connectivity index is 1.95. The molecule has 0 fully saturated rings. The Morgan fingerprint density at radius 1 is 0.957 bits per heavy atom. The van der Waals surface area contributed by atoms with E-state index in [0.717, 1.165) is 5.56 Å². The molecule has 0 heterocycles. The Labute approximate surface area is 138 Å². The molecule has 0 aliphatic carbocycles. The van der Waals surface area contributed by atoms with Gasteiger partial charge in [-0.25, -0.2) is 8.42 Å². The van der Waals surface area contributed by atoms with Crippen LogP contribution in [-0.4, -0.2) is 19.8 Å². The summed E-state index contributed by atoms with van der Waals surface area (Å²) in [7, 11) is -3.37. The molecule has 124 valence electrons. The van der Waals surface area contributed by atoms with Gasteiger partial charge < -0.3 is 4.74 Å². The Kier molecular flexibility index (Phi) is 5.31. The fraction of sp³-hybridized carbons (Fsp3) is 0.333. The Hall–Kier alpha value is -2.01. The highest BCUT2D eigenvalue weighted by atomic mass is 32.2. The minimum absolute atomic E-state index is 0.0528. The molecule has 0 atom stereocenters. The Bertz CT molecular complexity index is 717. The summed E-state index contributed by atoms with van der Waals surface area (Å²) in [5, 5.41) is 0. The number of aryl methyl sites for hydroxylation is 1. The van der Waals surface area contributed by atoms with Crippen LogP contribution >= 0.6 is 0 Å². The van der Waals surface area contributed by atoms with Crippen molar-refractivity contribution in [3.63, 3.8) is 0 Å². The minimum Gasteiger partial charge on any atom is -0.488 e. The van der Waals surface area contributed by atoms with Crippen LogP contribution in [0.15, 0.2) is 54.6 Å². The maximum atomic E-state index is 12.1.